The molecular formula is C22H21NO2S. The summed E-state index contributed by atoms with van der Waals surface area (Å²) in [5.41, 5.74) is 4.05. The Balaban J connectivity index is 1.77. The Morgan fingerprint density at radius 2 is 1.42 bits per heavy atom. The third-order valence-corrected chi connectivity index (χ3v) is 5.02. The normalized spacial score (nSPS) is 10.8. The molecule has 4 heteroatoms. The van der Waals surface area contributed by atoms with Crippen molar-refractivity contribution in [1.29, 1.82) is 0 Å². The van der Waals surface area contributed by atoms with E-state index in [4.69, 9.17) is 5.11 Å². The summed E-state index contributed by atoms with van der Waals surface area (Å²) in [6.07, 6.45) is 0. The fourth-order valence-electron chi connectivity index (χ4n) is 2.61. The molecule has 3 rings (SSSR count). The Morgan fingerprint density at radius 1 is 0.846 bits per heavy atom. The zero-order chi connectivity index (χ0) is 18.4. The summed E-state index contributed by atoms with van der Waals surface area (Å²) in [6, 6.07) is 25.9. The summed E-state index contributed by atoms with van der Waals surface area (Å²) >= 11 is 1.64. The van der Waals surface area contributed by atoms with E-state index in [1.54, 1.807) is 24.1 Å². The predicted molar refractivity (Wildman–Crippen MR) is 106 cm³/mol. The highest BCUT2D eigenvalue weighted by atomic mass is 32.2. The van der Waals surface area contributed by atoms with Gasteiger partial charge in [0, 0.05) is 18.0 Å². The lowest BCUT2D eigenvalue weighted by Gasteiger charge is -2.21. The van der Waals surface area contributed by atoms with Crippen LogP contribution >= 0.6 is 11.9 Å². The van der Waals surface area contributed by atoms with Crippen molar-refractivity contribution in [3.8, 4) is 0 Å². The molecule has 0 bridgehead atoms. The van der Waals surface area contributed by atoms with Gasteiger partial charge in [0.25, 0.3) is 0 Å². The van der Waals surface area contributed by atoms with Crippen LogP contribution in [0, 0.1) is 6.92 Å². The van der Waals surface area contributed by atoms with Crippen LogP contribution in [-0.4, -0.2) is 15.4 Å². The van der Waals surface area contributed by atoms with Crippen LogP contribution in [0.2, 0.25) is 0 Å². The number of nitrogens with zero attached hydrogens (tertiary/aromatic N) is 1. The molecule has 0 aliphatic carbocycles. The molecule has 26 heavy (non-hydrogen) atoms. The lowest BCUT2D eigenvalue weighted by Crippen LogP contribution is -2.15. The molecule has 0 aromatic heterocycles. The molecule has 132 valence electrons. The largest absolute Gasteiger partial charge is 0.478 e. The van der Waals surface area contributed by atoms with Gasteiger partial charge in [0.2, 0.25) is 0 Å². The number of carboxylic acid groups (broad SMARTS) is 1. The van der Waals surface area contributed by atoms with Gasteiger partial charge < -0.3 is 5.11 Å². The molecule has 3 aromatic carbocycles. The van der Waals surface area contributed by atoms with E-state index in [0.717, 1.165) is 18.0 Å². The molecule has 3 nitrogen and oxygen atoms in total. The van der Waals surface area contributed by atoms with Gasteiger partial charge in [-0.15, -0.1) is 0 Å². The van der Waals surface area contributed by atoms with E-state index >= 15 is 0 Å². The van der Waals surface area contributed by atoms with E-state index in [1.165, 1.54) is 16.7 Å². The smallest absolute Gasteiger partial charge is 0.335 e. The van der Waals surface area contributed by atoms with Crippen LogP contribution in [0.1, 0.15) is 27.0 Å². The average molecular weight is 363 g/mol. The van der Waals surface area contributed by atoms with Gasteiger partial charge in [-0.1, -0.05) is 60.2 Å². The molecule has 0 aliphatic heterocycles. The van der Waals surface area contributed by atoms with Gasteiger partial charge in [-0.05, 0) is 54.3 Å². The van der Waals surface area contributed by atoms with Crippen molar-refractivity contribution in [3.63, 3.8) is 0 Å². The molecule has 0 aliphatic rings. The molecule has 0 spiro atoms. The third kappa shape index (κ3) is 5.22. The quantitative estimate of drug-likeness (QED) is 0.570. The SMILES string of the molecule is Cc1ccc(CN(Cc2ccccc2)Sc2ccc(C(=O)O)cc2)cc1. The van der Waals surface area contributed by atoms with Gasteiger partial charge in [-0.3, -0.25) is 0 Å². The van der Waals surface area contributed by atoms with Crippen molar-refractivity contribution in [2.75, 3.05) is 0 Å². The molecule has 0 fully saturated rings. The molecule has 0 saturated carbocycles. The summed E-state index contributed by atoms with van der Waals surface area (Å²) in [6.45, 7) is 3.70. The molecule has 0 amide bonds. The lowest BCUT2D eigenvalue weighted by molar-refractivity contribution is 0.0697. The van der Waals surface area contributed by atoms with Gasteiger partial charge in [0.05, 0.1) is 5.56 Å². The van der Waals surface area contributed by atoms with Gasteiger partial charge in [0.15, 0.2) is 0 Å². The van der Waals surface area contributed by atoms with Gasteiger partial charge in [0.1, 0.15) is 0 Å². The Bertz CT molecular complexity index is 846. The first-order valence-corrected chi connectivity index (χ1v) is 9.23. The zero-order valence-electron chi connectivity index (χ0n) is 14.6. The van der Waals surface area contributed by atoms with Crippen LogP contribution in [0.4, 0.5) is 0 Å². The van der Waals surface area contributed by atoms with Crippen molar-refractivity contribution in [2.45, 2.75) is 24.9 Å². The Morgan fingerprint density at radius 3 is 2.00 bits per heavy atom. The van der Waals surface area contributed by atoms with Crippen molar-refractivity contribution < 1.29 is 9.90 Å². The maximum atomic E-state index is 11.0. The second-order valence-corrected chi connectivity index (χ2v) is 7.36. The molecule has 0 atom stereocenters. The number of carbonyl (C=O) groups is 1. The average Bonchev–Trinajstić information content (AvgIpc) is 2.65. The first kappa shape index (κ1) is 18.2. The number of rotatable bonds is 7. The van der Waals surface area contributed by atoms with Crippen molar-refractivity contribution in [1.82, 2.24) is 4.31 Å². The van der Waals surface area contributed by atoms with Crippen LogP contribution in [0.5, 0.6) is 0 Å². The van der Waals surface area contributed by atoms with Crippen LogP contribution in [0.15, 0.2) is 83.8 Å². The monoisotopic (exact) mass is 363 g/mol. The molecule has 0 unspecified atom stereocenters. The van der Waals surface area contributed by atoms with E-state index in [1.807, 2.05) is 30.3 Å². The van der Waals surface area contributed by atoms with E-state index in [-0.39, 0.29) is 0 Å². The highest BCUT2D eigenvalue weighted by Gasteiger charge is 2.10. The van der Waals surface area contributed by atoms with E-state index in [2.05, 4.69) is 47.6 Å². The Labute approximate surface area is 158 Å². The van der Waals surface area contributed by atoms with E-state index < -0.39 is 5.97 Å². The maximum Gasteiger partial charge on any atom is 0.335 e. The number of benzene rings is 3. The number of carboxylic acids is 1. The molecular weight excluding hydrogens is 342 g/mol. The summed E-state index contributed by atoms with van der Waals surface area (Å²) in [5, 5.41) is 9.05. The van der Waals surface area contributed by atoms with Crippen LogP contribution in [-0.2, 0) is 13.1 Å². The molecule has 0 heterocycles. The lowest BCUT2D eigenvalue weighted by atomic mass is 10.1. The zero-order valence-corrected chi connectivity index (χ0v) is 15.4. The van der Waals surface area contributed by atoms with Crippen LogP contribution in [0.25, 0.3) is 0 Å². The van der Waals surface area contributed by atoms with Gasteiger partial charge >= 0.3 is 5.97 Å². The Hall–Kier alpha value is -2.56. The minimum atomic E-state index is -0.901. The van der Waals surface area contributed by atoms with Crippen molar-refractivity contribution in [2.24, 2.45) is 0 Å². The van der Waals surface area contributed by atoms with E-state index in [0.29, 0.717) is 5.56 Å². The molecule has 0 radical (unpaired) electrons. The van der Waals surface area contributed by atoms with Crippen LogP contribution < -0.4 is 0 Å². The minimum absolute atomic E-state index is 0.308. The Kier molecular flexibility index (Phi) is 6.10. The summed E-state index contributed by atoms with van der Waals surface area (Å²) in [7, 11) is 0. The van der Waals surface area contributed by atoms with Gasteiger partial charge in [-0.25, -0.2) is 9.10 Å². The standard InChI is InChI=1S/C22H21NO2S/c1-17-7-9-19(10-8-17)16-23(15-18-5-3-2-4-6-18)26-21-13-11-20(12-14-21)22(24)25/h2-14H,15-16H2,1H3,(H,24,25). The van der Waals surface area contributed by atoms with Crippen molar-refractivity contribution in [3.05, 3.63) is 101 Å². The molecule has 0 saturated heterocycles. The highest BCUT2D eigenvalue weighted by molar-refractivity contribution is 7.97. The van der Waals surface area contributed by atoms with Gasteiger partial charge in [-0.2, -0.15) is 0 Å². The maximum absolute atomic E-state index is 11.0. The van der Waals surface area contributed by atoms with Crippen LogP contribution in [0.3, 0.4) is 0 Å². The number of hydrogen-bond acceptors (Lipinski definition) is 3. The number of aryl methyl sites for hydroxylation is 1. The topological polar surface area (TPSA) is 40.5 Å². The number of aromatic carboxylic acids is 1. The fourth-order valence-corrected chi connectivity index (χ4v) is 3.60. The first-order valence-electron chi connectivity index (χ1n) is 8.46. The summed E-state index contributed by atoms with van der Waals surface area (Å²) in [4.78, 5) is 12.1. The second kappa shape index (κ2) is 8.70. The molecule has 1 N–H and O–H groups in total. The molecule has 3 aromatic rings. The fraction of sp³-hybridized carbons (Fsp3) is 0.136. The van der Waals surface area contributed by atoms with E-state index in [9.17, 15) is 4.79 Å². The van der Waals surface area contributed by atoms with Crippen molar-refractivity contribution >= 4 is 17.9 Å². The second-order valence-electron chi connectivity index (χ2n) is 6.19. The minimum Gasteiger partial charge on any atom is -0.478 e. The summed E-state index contributed by atoms with van der Waals surface area (Å²) in [5.74, 6) is -0.901. The summed E-state index contributed by atoms with van der Waals surface area (Å²) < 4.78 is 2.29. The third-order valence-electron chi connectivity index (χ3n) is 4.02. The number of hydrogen-bond donors (Lipinski definition) is 1. The highest BCUT2D eigenvalue weighted by Crippen LogP contribution is 2.27. The first-order chi connectivity index (χ1) is 12.6. The predicted octanol–water partition coefficient (Wildman–Crippen LogP) is 5.40.